The third-order valence-electron chi connectivity index (χ3n) is 4.10. The van der Waals surface area contributed by atoms with Crippen molar-refractivity contribution >= 4 is 57.3 Å². The summed E-state index contributed by atoms with van der Waals surface area (Å²) in [6.45, 7) is 4.03. The van der Waals surface area contributed by atoms with Crippen molar-refractivity contribution in [3.8, 4) is 5.75 Å². The number of ether oxygens (including phenoxy) is 1. The highest BCUT2D eigenvalue weighted by atomic mass is 35.5. The predicted molar refractivity (Wildman–Crippen MR) is 126 cm³/mol. The maximum Gasteiger partial charge on any atom is 0.248 e. The lowest BCUT2D eigenvalue weighted by atomic mass is 10.3. The molecule has 6 nitrogen and oxygen atoms in total. The van der Waals surface area contributed by atoms with Crippen LogP contribution in [0.5, 0.6) is 5.75 Å². The zero-order chi connectivity index (χ0) is 22.2. The van der Waals surface area contributed by atoms with Crippen molar-refractivity contribution in [2.75, 3.05) is 16.8 Å². The molecule has 1 N–H and O–H groups in total. The number of carbonyl (C=O) groups is 2. The van der Waals surface area contributed by atoms with E-state index in [1.54, 1.807) is 29.7 Å². The summed E-state index contributed by atoms with van der Waals surface area (Å²) in [5.41, 5.74) is 1.81. The van der Waals surface area contributed by atoms with Crippen LogP contribution < -0.4 is 15.0 Å². The molecule has 1 heterocycles. The highest BCUT2D eigenvalue weighted by molar-refractivity contribution is 7.14. The first-order valence-electron chi connectivity index (χ1n) is 9.70. The van der Waals surface area contributed by atoms with Gasteiger partial charge in [0.05, 0.1) is 23.7 Å². The highest BCUT2D eigenvalue weighted by Crippen LogP contribution is 2.30. The Morgan fingerprint density at radius 3 is 2.71 bits per heavy atom. The van der Waals surface area contributed by atoms with E-state index >= 15 is 0 Å². The number of nitrogens with one attached hydrogen (secondary N) is 1. The number of para-hydroxylation sites is 1. The smallest absolute Gasteiger partial charge is 0.248 e. The largest absolute Gasteiger partial charge is 0.491 e. The second kappa shape index (κ2) is 10.7. The van der Waals surface area contributed by atoms with Gasteiger partial charge in [-0.1, -0.05) is 36.7 Å². The first kappa shape index (κ1) is 22.5. The second-order valence-corrected chi connectivity index (χ2v) is 7.83. The van der Waals surface area contributed by atoms with Gasteiger partial charge < -0.3 is 10.1 Å². The van der Waals surface area contributed by atoms with E-state index in [-0.39, 0.29) is 11.8 Å². The van der Waals surface area contributed by atoms with E-state index in [0.717, 1.165) is 12.1 Å². The summed E-state index contributed by atoms with van der Waals surface area (Å²) in [7, 11) is 0. The minimum atomic E-state index is -0.343. The Bertz CT molecular complexity index is 1080. The lowest BCUT2D eigenvalue weighted by Gasteiger charge is -2.17. The molecule has 160 valence electrons. The Morgan fingerprint density at radius 1 is 1.23 bits per heavy atom. The Kier molecular flexibility index (Phi) is 7.81. The Morgan fingerprint density at radius 2 is 2.00 bits per heavy atom. The molecule has 0 aliphatic rings. The molecule has 0 atom stereocenters. The number of rotatable bonds is 8. The first-order chi connectivity index (χ1) is 15.0. The quantitative estimate of drug-likeness (QED) is 0.428. The van der Waals surface area contributed by atoms with Gasteiger partial charge in [-0.05, 0) is 42.8 Å². The van der Waals surface area contributed by atoms with E-state index in [1.165, 1.54) is 29.2 Å². The molecular formula is C23H22ClN3O3S. The van der Waals surface area contributed by atoms with Gasteiger partial charge in [0.2, 0.25) is 11.8 Å². The molecule has 0 unspecified atom stereocenters. The van der Waals surface area contributed by atoms with Crippen LogP contribution >= 0.6 is 22.9 Å². The summed E-state index contributed by atoms with van der Waals surface area (Å²) >= 11 is 7.37. The number of benzene rings is 2. The van der Waals surface area contributed by atoms with Crippen LogP contribution in [-0.2, 0) is 9.59 Å². The molecular weight excluding hydrogens is 434 g/mol. The molecule has 31 heavy (non-hydrogen) atoms. The van der Waals surface area contributed by atoms with Crippen LogP contribution in [0.3, 0.4) is 0 Å². The molecule has 0 radical (unpaired) electrons. The molecule has 3 aromatic rings. The zero-order valence-electron chi connectivity index (χ0n) is 17.2. The van der Waals surface area contributed by atoms with Crippen LogP contribution in [0, 0.1) is 0 Å². The Balaban J connectivity index is 1.72. The van der Waals surface area contributed by atoms with E-state index < -0.39 is 0 Å². The average Bonchev–Trinajstić information content (AvgIpc) is 3.21. The van der Waals surface area contributed by atoms with Crippen molar-refractivity contribution in [3.05, 3.63) is 70.7 Å². The van der Waals surface area contributed by atoms with Crippen molar-refractivity contribution in [1.29, 1.82) is 0 Å². The number of anilines is 3. The van der Waals surface area contributed by atoms with Crippen LogP contribution in [0.25, 0.3) is 6.08 Å². The summed E-state index contributed by atoms with van der Waals surface area (Å²) in [6, 6.07) is 14.4. The van der Waals surface area contributed by atoms with Crippen LogP contribution in [-0.4, -0.2) is 23.4 Å². The lowest BCUT2D eigenvalue weighted by molar-refractivity contribution is -0.116. The monoisotopic (exact) mass is 455 g/mol. The molecule has 8 heteroatoms. The predicted octanol–water partition coefficient (Wildman–Crippen LogP) is 5.92. The van der Waals surface area contributed by atoms with Crippen molar-refractivity contribution in [2.45, 2.75) is 20.3 Å². The average molecular weight is 456 g/mol. The number of carbonyl (C=O) groups excluding carboxylic acids is 2. The molecule has 2 amide bonds. The van der Waals surface area contributed by atoms with E-state index in [1.807, 2.05) is 37.3 Å². The summed E-state index contributed by atoms with van der Waals surface area (Å²) in [5, 5.41) is 5.59. The molecule has 1 aromatic heterocycles. The standard InChI is InChI=1S/C23H22ClN3O3S/c1-3-13-30-21-11-9-17(24)14-20(21)26-22(29)12-10-18-15-31-23(25-18)27(16(2)28)19-7-5-4-6-8-19/h4-12,14-15H,3,13H2,1-2H3,(H,26,29)/b12-10+. The summed E-state index contributed by atoms with van der Waals surface area (Å²) in [5.74, 6) is 0.0722. The summed E-state index contributed by atoms with van der Waals surface area (Å²) in [6.07, 6.45) is 3.82. The number of hydrogen-bond acceptors (Lipinski definition) is 5. The van der Waals surface area contributed by atoms with Crippen LogP contribution in [0.2, 0.25) is 5.02 Å². The zero-order valence-corrected chi connectivity index (χ0v) is 18.7. The minimum absolute atomic E-state index is 0.144. The van der Waals surface area contributed by atoms with Gasteiger partial charge in [-0.2, -0.15) is 0 Å². The fourth-order valence-corrected chi connectivity index (χ4v) is 3.76. The molecule has 0 saturated carbocycles. The normalized spacial score (nSPS) is 10.8. The first-order valence-corrected chi connectivity index (χ1v) is 11.0. The third-order valence-corrected chi connectivity index (χ3v) is 5.18. The van der Waals surface area contributed by atoms with Crippen molar-refractivity contribution in [1.82, 2.24) is 4.98 Å². The third kappa shape index (κ3) is 6.16. The number of nitrogens with zero attached hydrogens (tertiary/aromatic N) is 2. The Hall–Kier alpha value is -3.16. The molecule has 2 aromatic carbocycles. The molecule has 3 rings (SSSR count). The summed E-state index contributed by atoms with van der Waals surface area (Å²) in [4.78, 5) is 30.6. The maximum atomic E-state index is 12.4. The van der Waals surface area contributed by atoms with Gasteiger partial charge in [0, 0.05) is 23.4 Å². The van der Waals surface area contributed by atoms with Gasteiger partial charge in [0.25, 0.3) is 0 Å². The van der Waals surface area contributed by atoms with Crippen LogP contribution in [0.4, 0.5) is 16.5 Å². The topological polar surface area (TPSA) is 71.5 Å². The fourth-order valence-electron chi connectivity index (χ4n) is 2.73. The van der Waals surface area contributed by atoms with Crippen molar-refractivity contribution in [3.63, 3.8) is 0 Å². The highest BCUT2D eigenvalue weighted by Gasteiger charge is 2.17. The Labute approximate surface area is 190 Å². The molecule has 0 aliphatic carbocycles. The molecule has 0 spiro atoms. The number of amides is 2. The number of hydrogen-bond donors (Lipinski definition) is 1. The van der Waals surface area contributed by atoms with Gasteiger partial charge >= 0.3 is 0 Å². The van der Waals surface area contributed by atoms with Gasteiger partial charge in [-0.3, -0.25) is 14.5 Å². The molecule has 0 bridgehead atoms. The van der Waals surface area contributed by atoms with Gasteiger partial charge in [-0.15, -0.1) is 11.3 Å². The maximum absolute atomic E-state index is 12.4. The van der Waals surface area contributed by atoms with Crippen LogP contribution in [0.15, 0.2) is 60.0 Å². The SMILES string of the molecule is CCCOc1ccc(Cl)cc1NC(=O)/C=C/c1csc(N(C(C)=O)c2ccccc2)n1. The molecule has 0 fully saturated rings. The van der Waals surface area contributed by atoms with Crippen molar-refractivity contribution in [2.24, 2.45) is 0 Å². The van der Waals surface area contributed by atoms with E-state index in [9.17, 15) is 9.59 Å². The van der Waals surface area contributed by atoms with Crippen LogP contribution in [0.1, 0.15) is 26.0 Å². The number of halogens is 1. The molecule has 0 saturated heterocycles. The van der Waals surface area contributed by atoms with E-state index in [2.05, 4.69) is 10.3 Å². The number of aromatic nitrogens is 1. The van der Waals surface area contributed by atoms with Gasteiger partial charge in [-0.25, -0.2) is 4.98 Å². The van der Waals surface area contributed by atoms with Gasteiger partial charge in [0.1, 0.15) is 5.75 Å². The minimum Gasteiger partial charge on any atom is -0.491 e. The fraction of sp³-hybridized carbons (Fsp3) is 0.174. The number of thiazole rings is 1. The summed E-state index contributed by atoms with van der Waals surface area (Å²) < 4.78 is 5.65. The van der Waals surface area contributed by atoms with E-state index in [4.69, 9.17) is 16.3 Å². The lowest BCUT2D eigenvalue weighted by Crippen LogP contribution is -2.22. The molecule has 0 aliphatic heterocycles. The van der Waals surface area contributed by atoms with E-state index in [0.29, 0.717) is 33.9 Å². The second-order valence-electron chi connectivity index (χ2n) is 6.56. The van der Waals surface area contributed by atoms with Gasteiger partial charge in [0.15, 0.2) is 5.13 Å². The van der Waals surface area contributed by atoms with Crippen molar-refractivity contribution < 1.29 is 14.3 Å².